The van der Waals surface area contributed by atoms with Crippen LogP contribution in [0.5, 0.6) is 0 Å². The maximum absolute atomic E-state index is 14.0. The van der Waals surface area contributed by atoms with Crippen molar-refractivity contribution < 1.29 is 23.5 Å². The minimum absolute atomic E-state index is 0.105. The van der Waals surface area contributed by atoms with Gasteiger partial charge in [0.1, 0.15) is 5.60 Å². The molecule has 2 saturated heterocycles. The lowest BCUT2D eigenvalue weighted by atomic mass is 9.90. The Balaban J connectivity index is 1.33. The Kier molecular flexibility index (Phi) is 8.73. The van der Waals surface area contributed by atoms with Crippen molar-refractivity contribution in [2.45, 2.75) is 103 Å². The molecule has 0 spiro atoms. The molecule has 1 aromatic rings. The molecule has 3 atom stereocenters. The zero-order chi connectivity index (χ0) is 30.6. The summed E-state index contributed by atoms with van der Waals surface area (Å²) >= 11 is 6.61. The van der Waals surface area contributed by atoms with Gasteiger partial charge in [0.15, 0.2) is 8.32 Å². The van der Waals surface area contributed by atoms with Crippen molar-refractivity contribution in [1.82, 2.24) is 14.7 Å². The van der Waals surface area contributed by atoms with E-state index in [1.54, 1.807) is 4.90 Å². The van der Waals surface area contributed by atoms with E-state index >= 15 is 0 Å². The number of piperidine rings is 1. The highest BCUT2D eigenvalue weighted by atomic mass is 35.5. The first kappa shape index (κ1) is 31.6. The molecule has 0 aromatic heterocycles. The third-order valence-corrected chi connectivity index (χ3v) is 14.7. The van der Waals surface area contributed by atoms with Crippen molar-refractivity contribution in [2.75, 3.05) is 39.4 Å². The van der Waals surface area contributed by atoms with Gasteiger partial charge in [-0.15, -0.1) is 0 Å². The molecule has 42 heavy (non-hydrogen) atoms. The molecule has 3 amide bonds. The van der Waals surface area contributed by atoms with Crippen LogP contribution in [-0.4, -0.2) is 86.2 Å². The quantitative estimate of drug-likeness (QED) is 0.346. The van der Waals surface area contributed by atoms with Gasteiger partial charge >= 0.3 is 12.1 Å². The van der Waals surface area contributed by atoms with Crippen molar-refractivity contribution in [3.05, 3.63) is 33.8 Å². The summed E-state index contributed by atoms with van der Waals surface area (Å²) in [5.74, 6) is 0.796. The van der Waals surface area contributed by atoms with Crippen LogP contribution in [0.25, 0.3) is 0 Å². The third-order valence-electron chi connectivity index (χ3n) is 9.98. The monoisotopic (exact) mass is 619 g/mol. The molecule has 2 unspecified atom stereocenters. The molecule has 3 heterocycles. The molecular formula is C32H50ClN3O5Si. The standard InChI is InChI=1S/C32H50ClN3O5Si/c1-31(2,3)40-30(38)36-13-14-39-20-27(36)25-16-24(33)15-21-11-12-34(19-26(21)25)29(37)35-17-22-9-10-23(18-35)28(22)41-42(7,8)32(4,5)6/h15-16,22-23,27-28H,9-14,17-20H2,1-8H3/t22?,23?,27-,28?/m0/s1. The van der Waals surface area contributed by atoms with Crippen molar-refractivity contribution in [3.63, 3.8) is 0 Å². The molecule has 5 rings (SSSR count). The van der Waals surface area contributed by atoms with E-state index in [2.05, 4.69) is 38.8 Å². The number of likely N-dealkylation sites (tertiary alicyclic amines) is 1. The molecule has 4 aliphatic rings. The minimum atomic E-state index is -1.88. The number of urea groups is 1. The highest BCUT2D eigenvalue weighted by Gasteiger charge is 2.49. The number of nitrogens with zero attached hydrogens (tertiary/aromatic N) is 3. The van der Waals surface area contributed by atoms with E-state index in [4.69, 9.17) is 25.5 Å². The lowest BCUT2D eigenvalue weighted by molar-refractivity contribution is -0.0334. The second kappa shape index (κ2) is 11.6. The van der Waals surface area contributed by atoms with Crippen LogP contribution in [0.2, 0.25) is 23.2 Å². The fraction of sp³-hybridized carbons (Fsp3) is 0.750. The molecule has 2 bridgehead atoms. The van der Waals surface area contributed by atoms with Crippen LogP contribution in [0.1, 0.15) is 77.1 Å². The van der Waals surface area contributed by atoms with Crippen molar-refractivity contribution in [1.29, 1.82) is 0 Å². The summed E-state index contributed by atoms with van der Waals surface area (Å²) in [4.78, 5) is 33.0. The van der Waals surface area contributed by atoms with Gasteiger partial charge in [0.05, 0.1) is 25.4 Å². The number of hydrogen-bond donors (Lipinski definition) is 0. The summed E-state index contributed by atoms with van der Waals surface area (Å²) in [5.41, 5.74) is 2.56. The van der Waals surface area contributed by atoms with Crippen LogP contribution in [-0.2, 0) is 26.9 Å². The SMILES string of the molecule is CC(C)(C)OC(=O)N1CCOC[C@H]1c1cc(Cl)cc2c1CN(C(=O)N1CC3CCC(C1)C3O[Si](C)(C)C(C)(C)C)CC2. The van der Waals surface area contributed by atoms with Gasteiger partial charge < -0.3 is 23.7 Å². The fourth-order valence-electron chi connectivity index (χ4n) is 6.76. The number of hydrogen-bond acceptors (Lipinski definition) is 5. The van der Waals surface area contributed by atoms with E-state index in [0.717, 1.165) is 49.0 Å². The summed E-state index contributed by atoms with van der Waals surface area (Å²) in [7, 11) is -1.88. The van der Waals surface area contributed by atoms with Crippen molar-refractivity contribution >= 4 is 32.0 Å². The maximum atomic E-state index is 14.0. The van der Waals surface area contributed by atoms with Crippen LogP contribution >= 0.6 is 11.6 Å². The van der Waals surface area contributed by atoms with Crippen LogP contribution in [0.15, 0.2) is 12.1 Å². The van der Waals surface area contributed by atoms with Crippen LogP contribution < -0.4 is 0 Å². The van der Waals surface area contributed by atoms with E-state index in [0.29, 0.717) is 49.7 Å². The minimum Gasteiger partial charge on any atom is -0.444 e. The average Bonchev–Trinajstić information content (AvgIpc) is 3.11. The number of carbonyl (C=O) groups is 2. The van der Waals surface area contributed by atoms with Crippen LogP contribution in [0, 0.1) is 11.8 Å². The molecule has 3 aliphatic heterocycles. The van der Waals surface area contributed by atoms with Gasteiger partial charge in [-0.05, 0) is 87.0 Å². The second-order valence-corrected chi connectivity index (χ2v) is 20.4. The topological polar surface area (TPSA) is 71.5 Å². The Labute approximate surface area is 258 Å². The second-order valence-electron chi connectivity index (χ2n) is 15.2. The molecule has 10 heteroatoms. The van der Waals surface area contributed by atoms with E-state index in [-0.39, 0.29) is 29.3 Å². The Bertz CT molecular complexity index is 1180. The summed E-state index contributed by atoms with van der Waals surface area (Å²) in [5, 5.41) is 0.808. The van der Waals surface area contributed by atoms with E-state index in [1.807, 2.05) is 37.8 Å². The molecule has 1 saturated carbocycles. The van der Waals surface area contributed by atoms with Gasteiger partial charge in [-0.3, -0.25) is 4.90 Å². The number of fused-ring (bicyclic) bond motifs is 3. The number of amides is 3. The normalized spacial score (nSPS) is 26.7. The lowest BCUT2D eigenvalue weighted by Crippen LogP contribution is -2.56. The Morgan fingerprint density at radius 1 is 1.00 bits per heavy atom. The number of ether oxygens (including phenoxy) is 2. The summed E-state index contributed by atoms with van der Waals surface area (Å²) in [6, 6.07) is 3.73. The smallest absolute Gasteiger partial charge is 0.410 e. The zero-order valence-corrected chi connectivity index (χ0v) is 28.6. The predicted molar refractivity (Wildman–Crippen MR) is 167 cm³/mol. The largest absolute Gasteiger partial charge is 0.444 e. The molecule has 1 aromatic carbocycles. The predicted octanol–water partition coefficient (Wildman–Crippen LogP) is 6.86. The van der Waals surface area contributed by atoms with E-state index in [9.17, 15) is 9.59 Å². The van der Waals surface area contributed by atoms with Crippen molar-refractivity contribution in [3.8, 4) is 0 Å². The highest BCUT2D eigenvalue weighted by Crippen LogP contribution is 2.45. The van der Waals surface area contributed by atoms with Gasteiger partial charge in [-0.1, -0.05) is 32.4 Å². The number of morpholine rings is 1. The first-order chi connectivity index (χ1) is 19.5. The first-order valence-electron chi connectivity index (χ1n) is 15.6. The van der Waals surface area contributed by atoms with E-state index < -0.39 is 13.9 Å². The zero-order valence-electron chi connectivity index (χ0n) is 26.8. The number of benzene rings is 1. The van der Waals surface area contributed by atoms with Crippen LogP contribution in [0.4, 0.5) is 9.59 Å². The van der Waals surface area contributed by atoms with E-state index in [1.165, 1.54) is 0 Å². The Morgan fingerprint density at radius 2 is 1.67 bits per heavy atom. The number of carbonyl (C=O) groups excluding carboxylic acids is 2. The van der Waals surface area contributed by atoms with Crippen molar-refractivity contribution in [2.24, 2.45) is 11.8 Å². The molecule has 1 aliphatic carbocycles. The summed E-state index contributed by atoms with van der Waals surface area (Å²) in [6.07, 6.45) is 2.89. The number of halogens is 1. The molecule has 3 fully saturated rings. The van der Waals surface area contributed by atoms with Gasteiger partial charge in [-0.25, -0.2) is 9.59 Å². The maximum Gasteiger partial charge on any atom is 0.410 e. The molecule has 0 N–H and O–H groups in total. The molecule has 0 radical (unpaired) electrons. The summed E-state index contributed by atoms with van der Waals surface area (Å²) < 4.78 is 18.5. The molecule has 8 nitrogen and oxygen atoms in total. The fourth-order valence-corrected chi connectivity index (χ4v) is 8.42. The average molecular weight is 620 g/mol. The highest BCUT2D eigenvalue weighted by molar-refractivity contribution is 6.74. The third kappa shape index (κ3) is 6.49. The molecular weight excluding hydrogens is 570 g/mol. The number of rotatable bonds is 3. The van der Waals surface area contributed by atoms with Gasteiger partial charge in [0.25, 0.3) is 0 Å². The van der Waals surface area contributed by atoms with Gasteiger partial charge in [0.2, 0.25) is 0 Å². The molecule has 234 valence electrons. The lowest BCUT2D eigenvalue weighted by Gasteiger charge is -2.46. The van der Waals surface area contributed by atoms with Crippen LogP contribution in [0.3, 0.4) is 0 Å². The first-order valence-corrected chi connectivity index (χ1v) is 18.9. The Morgan fingerprint density at radius 3 is 2.29 bits per heavy atom. The Hall–Kier alpha value is -1.81. The summed E-state index contributed by atoms with van der Waals surface area (Å²) in [6.45, 7) is 21.1. The van der Waals surface area contributed by atoms with Gasteiger partial charge in [-0.2, -0.15) is 0 Å². The van der Waals surface area contributed by atoms with Gasteiger partial charge in [0, 0.05) is 49.6 Å².